The third-order valence-electron chi connectivity index (χ3n) is 4.64. The number of anilines is 2. The standard InChI is InChI=1S/C20H18F2N6O/c21-16-5-1-4-15(18(16)22)19-24-8-6-17(26-19)27-9-11-28(12-10-27)20(29)25-14-3-2-7-23-13-14/h1-8,13H,9-12H2,(H,25,29). The summed E-state index contributed by atoms with van der Waals surface area (Å²) in [5.41, 5.74) is 0.652. The van der Waals surface area contributed by atoms with Gasteiger partial charge >= 0.3 is 6.03 Å². The molecule has 1 fully saturated rings. The third kappa shape index (κ3) is 4.13. The minimum Gasteiger partial charge on any atom is -0.353 e. The van der Waals surface area contributed by atoms with E-state index in [9.17, 15) is 13.6 Å². The summed E-state index contributed by atoms with van der Waals surface area (Å²) in [6.07, 6.45) is 4.74. The molecule has 0 radical (unpaired) electrons. The fourth-order valence-electron chi connectivity index (χ4n) is 3.11. The number of rotatable bonds is 3. The Morgan fingerprint density at radius 2 is 1.83 bits per heavy atom. The van der Waals surface area contributed by atoms with Crippen LogP contribution in [0.2, 0.25) is 0 Å². The Hall–Kier alpha value is -3.62. The monoisotopic (exact) mass is 396 g/mol. The molecule has 0 aliphatic carbocycles. The molecule has 0 spiro atoms. The maximum Gasteiger partial charge on any atom is 0.322 e. The third-order valence-corrected chi connectivity index (χ3v) is 4.64. The Morgan fingerprint density at radius 1 is 1.00 bits per heavy atom. The highest BCUT2D eigenvalue weighted by atomic mass is 19.2. The van der Waals surface area contributed by atoms with Crippen molar-refractivity contribution in [2.45, 2.75) is 0 Å². The first-order valence-corrected chi connectivity index (χ1v) is 9.10. The lowest BCUT2D eigenvalue weighted by Crippen LogP contribution is -2.50. The van der Waals surface area contributed by atoms with Crippen LogP contribution in [0.1, 0.15) is 0 Å². The maximum absolute atomic E-state index is 14.1. The molecule has 0 bridgehead atoms. The second-order valence-electron chi connectivity index (χ2n) is 6.49. The molecule has 9 heteroatoms. The quantitative estimate of drug-likeness (QED) is 0.736. The van der Waals surface area contributed by atoms with Crippen molar-refractivity contribution >= 4 is 17.5 Å². The summed E-state index contributed by atoms with van der Waals surface area (Å²) >= 11 is 0. The lowest BCUT2D eigenvalue weighted by atomic mass is 10.2. The number of nitrogens with one attached hydrogen (secondary N) is 1. The van der Waals surface area contributed by atoms with Crippen molar-refractivity contribution in [2.24, 2.45) is 0 Å². The molecule has 148 valence electrons. The van der Waals surface area contributed by atoms with Crippen LogP contribution in [0, 0.1) is 11.6 Å². The zero-order valence-electron chi connectivity index (χ0n) is 15.4. The summed E-state index contributed by atoms with van der Waals surface area (Å²) < 4.78 is 27.6. The first-order valence-electron chi connectivity index (χ1n) is 9.10. The molecule has 4 rings (SSSR count). The van der Waals surface area contributed by atoms with Crippen molar-refractivity contribution in [2.75, 3.05) is 36.4 Å². The largest absolute Gasteiger partial charge is 0.353 e. The van der Waals surface area contributed by atoms with Crippen LogP contribution in [0.4, 0.5) is 25.1 Å². The number of nitrogens with zero attached hydrogens (tertiary/aromatic N) is 5. The molecule has 1 aliphatic rings. The molecule has 7 nitrogen and oxygen atoms in total. The number of aromatic nitrogens is 3. The van der Waals surface area contributed by atoms with Crippen molar-refractivity contribution in [1.82, 2.24) is 19.9 Å². The number of hydrogen-bond donors (Lipinski definition) is 1. The van der Waals surface area contributed by atoms with Gasteiger partial charge in [0, 0.05) is 38.6 Å². The van der Waals surface area contributed by atoms with Gasteiger partial charge in [-0.2, -0.15) is 0 Å². The molecular weight excluding hydrogens is 378 g/mol. The van der Waals surface area contributed by atoms with Crippen LogP contribution < -0.4 is 10.2 Å². The summed E-state index contributed by atoms with van der Waals surface area (Å²) in [4.78, 5) is 28.5. The van der Waals surface area contributed by atoms with Crippen molar-refractivity contribution in [3.63, 3.8) is 0 Å². The Balaban J connectivity index is 1.42. The van der Waals surface area contributed by atoms with Gasteiger partial charge in [0.15, 0.2) is 17.5 Å². The first kappa shape index (κ1) is 18.7. The van der Waals surface area contributed by atoms with Gasteiger partial charge < -0.3 is 15.1 Å². The van der Waals surface area contributed by atoms with Crippen molar-refractivity contribution in [3.8, 4) is 11.4 Å². The predicted molar refractivity (Wildman–Crippen MR) is 104 cm³/mol. The van der Waals surface area contributed by atoms with Gasteiger partial charge in [-0.15, -0.1) is 0 Å². The first-order chi connectivity index (χ1) is 14.1. The zero-order chi connectivity index (χ0) is 20.2. The highest BCUT2D eigenvalue weighted by Crippen LogP contribution is 2.23. The number of urea groups is 1. The van der Waals surface area contributed by atoms with Crippen LogP contribution in [-0.2, 0) is 0 Å². The van der Waals surface area contributed by atoms with E-state index in [-0.39, 0.29) is 17.4 Å². The van der Waals surface area contributed by atoms with E-state index in [1.807, 2.05) is 4.90 Å². The van der Waals surface area contributed by atoms with E-state index in [2.05, 4.69) is 20.3 Å². The molecule has 0 unspecified atom stereocenters. The molecule has 0 atom stereocenters. The zero-order valence-corrected chi connectivity index (χ0v) is 15.4. The van der Waals surface area contributed by atoms with E-state index in [0.29, 0.717) is 37.7 Å². The van der Waals surface area contributed by atoms with E-state index in [1.54, 1.807) is 35.5 Å². The van der Waals surface area contributed by atoms with Crippen LogP contribution in [0.5, 0.6) is 0 Å². The molecule has 2 amide bonds. The Kier molecular flexibility index (Phi) is 5.28. The van der Waals surface area contributed by atoms with E-state index in [4.69, 9.17) is 0 Å². The summed E-state index contributed by atoms with van der Waals surface area (Å²) in [7, 11) is 0. The topological polar surface area (TPSA) is 74.2 Å². The Bertz CT molecular complexity index is 1010. The molecule has 29 heavy (non-hydrogen) atoms. The highest BCUT2D eigenvalue weighted by molar-refractivity contribution is 5.89. The number of pyridine rings is 1. The molecular formula is C20H18F2N6O. The van der Waals surface area contributed by atoms with Crippen molar-refractivity contribution < 1.29 is 13.6 Å². The van der Waals surface area contributed by atoms with E-state index in [1.165, 1.54) is 18.3 Å². The maximum atomic E-state index is 14.1. The van der Waals surface area contributed by atoms with Gasteiger partial charge in [-0.1, -0.05) is 6.07 Å². The fourth-order valence-corrected chi connectivity index (χ4v) is 3.11. The number of hydrogen-bond acceptors (Lipinski definition) is 5. The number of benzene rings is 1. The Labute approximate surface area is 166 Å². The highest BCUT2D eigenvalue weighted by Gasteiger charge is 2.23. The normalized spacial score (nSPS) is 14.0. The second-order valence-corrected chi connectivity index (χ2v) is 6.49. The number of carbonyl (C=O) groups excluding carboxylic acids is 1. The average Bonchev–Trinajstić information content (AvgIpc) is 2.76. The number of carbonyl (C=O) groups is 1. The molecule has 1 aliphatic heterocycles. The number of amides is 2. The van der Waals surface area contributed by atoms with Gasteiger partial charge in [0.2, 0.25) is 0 Å². The molecule has 1 aromatic carbocycles. The SMILES string of the molecule is O=C(Nc1cccnc1)N1CCN(c2ccnc(-c3cccc(F)c3F)n2)CC1. The van der Waals surface area contributed by atoms with Crippen LogP contribution in [-0.4, -0.2) is 52.1 Å². The van der Waals surface area contributed by atoms with Crippen LogP contribution in [0.25, 0.3) is 11.4 Å². The number of halogens is 2. The van der Waals surface area contributed by atoms with E-state index in [0.717, 1.165) is 6.07 Å². The van der Waals surface area contributed by atoms with Gasteiger partial charge in [-0.3, -0.25) is 4.98 Å². The van der Waals surface area contributed by atoms with Crippen molar-refractivity contribution in [1.29, 1.82) is 0 Å². The lowest BCUT2D eigenvalue weighted by Gasteiger charge is -2.35. The molecule has 2 aromatic heterocycles. The average molecular weight is 396 g/mol. The van der Waals surface area contributed by atoms with E-state index >= 15 is 0 Å². The molecule has 1 N–H and O–H groups in total. The summed E-state index contributed by atoms with van der Waals surface area (Å²) in [5, 5.41) is 2.81. The van der Waals surface area contributed by atoms with E-state index < -0.39 is 11.6 Å². The van der Waals surface area contributed by atoms with Gasteiger partial charge in [-0.05, 0) is 30.3 Å². The van der Waals surface area contributed by atoms with Gasteiger partial charge in [0.25, 0.3) is 0 Å². The Morgan fingerprint density at radius 3 is 2.59 bits per heavy atom. The number of piperazine rings is 1. The van der Waals surface area contributed by atoms with Gasteiger partial charge in [0.1, 0.15) is 5.82 Å². The lowest BCUT2D eigenvalue weighted by molar-refractivity contribution is 0.208. The fraction of sp³-hybridized carbons (Fsp3) is 0.200. The smallest absolute Gasteiger partial charge is 0.322 e. The minimum atomic E-state index is -0.971. The molecule has 3 heterocycles. The molecule has 3 aromatic rings. The van der Waals surface area contributed by atoms with Crippen LogP contribution in [0.15, 0.2) is 55.0 Å². The minimum absolute atomic E-state index is 0.0151. The molecule has 1 saturated heterocycles. The van der Waals surface area contributed by atoms with Gasteiger partial charge in [0.05, 0.1) is 17.4 Å². The van der Waals surface area contributed by atoms with Crippen LogP contribution in [0.3, 0.4) is 0 Å². The van der Waals surface area contributed by atoms with Gasteiger partial charge in [-0.25, -0.2) is 23.5 Å². The summed E-state index contributed by atoms with van der Waals surface area (Å²) in [5.74, 6) is -1.19. The second kappa shape index (κ2) is 8.17. The summed E-state index contributed by atoms with van der Waals surface area (Å²) in [6, 6.07) is 8.96. The predicted octanol–water partition coefficient (Wildman–Crippen LogP) is 3.17. The molecule has 0 saturated carbocycles. The summed E-state index contributed by atoms with van der Waals surface area (Å²) in [6.45, 7) is 2.12. The van der Waals surface area contributed by atoms with Crippen molar-refractivity contribution in [3.05, 3.63) is 66.6 Å². The van der Waals surface area contributed by atoms with Crippen LogP contribution >= 0.6 is 0 Å².